The van der Waals surface area contributed by atoms with Gasteiger partial charge in [-0.1, -0.05) is 60.5 Å². The summed E-state index contributed by atoms with van der Waals surface area (Å²) in [7, 11) is -2.38. The number of carbonyl (C=O) groups is 2. The number of sulfonamides is 1. The maximum absolute atomic E-state index is 13.4. The molecule has 2 aromatic rings. The van der Waals surface area contributed by atoms with Crippen molar-refractivity contribution in [3.05, 3.63) is 64.1 Å². The lowest BCUT2D eigenvalue weighted by Crippen LogP contribution is -2.51. The molecule has 7 nitrogen and oxygen atoms in total. The molecule has 0 aliphatic carbocycles. The number of anilines is 1. The number of halogens is 2. The first kappa shape index (κ1) is 25.0. The Morgan fingerprint density at radius 3 is 2.29 bits per heavy atom. The molecule has 0 fully saturated rings. The molecule has 1 unspecified atom stereocenters. The number of hydrogen-bond donors (Lipinski definition) is 1. The summed E-state index contributed by atoms with van der Waals surface area (Å²) in [5.41, 5.74) is 0.905. The third-order valence-corrected chi connectivity index (χ3v) is 6.37. The number of likely N-dealkylation sites (N-methyl/N-ethyl adjacent to an activating group) is 1. The molecule has 0 saturated heterocycles. The molecule has 0 bridgehead atoms. The van der Waals surface area contributed by atoms with Gasteiger partial charge in [-0.25, -0.2) is 8.42 Å². The van der Waals surface area contributed by atoms with Gasteiger partial charge >= 0.3 is 0 Å². The minimum atomic E-state index is -3.87. The van der Waals surface area contributed by atoms with Crippen LogP contribution in [0, 0.1) is 0 Å². The van der Waals surface area contributed by atoms with Gasteiger partial charge in [-0.2, -0.15) is 0 Å². The molecule has 0 spiro atoms. The Morgan fingerprint density at radius 2 is 1.74 bits per heavy atom. The van der Waals surface area contributed by atoms with Crippen molar-refractivity contribution in [3.63, 3.8) is 0 Å². The van der Waals surface area contributed by atoms with E-state index in [0.29, 0.717) is 6.42 Å². The van der Waals surface area contributed by atoms with Crippen LogP contribution in [-0.2, 0) is 26.2 Å². The Labute approximate surface area is 193 Å². The first-order valence-electron chi connectivity index (χ1n) is 9.56. The quantitative estimate of drug-likeness (QED) is 0.589. The molecule has 0 aliphatic rings. The number of hydrogen-bond acceptors (Lipinski definition) is 4. The standard InChI is InChI=1S/C21H25Cl2N3O4S/c1-4-18(21(28)24-2)25(13-15-8-6-5-7-9-15)20(27)14-26(31(3,29)30)19-12-16(22)10-11-17(19)23/h5-12,18H,4,13-14H2,1-3H3,(H,24,28). The second kappa shape index (κ2) is 10.8. The lowest BCUT2D eigenvalue weighted by atomic mass is 10.1. The Kier molecular flexibility index (Phi) is 8.73. The van der Waals surface area contributed by atoms with Crippen LogP contribution in [0.25, 0.3) is 0 Å². The zero-order valence-corrected chi connectivity index (χ0v) is 19.8. The second-order valence-electron chi connectivity index (χ2n) is 6.91. The van der Waals surface area contributed by atoms with E-state index in [0.717, 1.165) is 16.1 Å². The molecular formula is C21H25Cl2N3O4S. The maximum atomic E-state index is 13.4. The summed E-state index contributed by atoms with van der Waals surface area (Å²) in [5, 5.41) is 2.98. The molecule has 0 radical (unpaired) electrons. The van der Waals surface area contributed by atoms with Gasteiger partial charge in [-0.05, 0) is 30.2 Å². The topological polar surface area (TPSA) is 86.8 Å². The average Bonchev–Trinajstić information content (AvgIpc) is 2.73. The van der Waals surface area contributed by atoms with Crippen LogP contribution in [0.1, 0.15) is 18.9 Å². The van der Waals surface area contributed by atoms with Crippen LogP contribution in [0.4, 0.5) is 5.69 Å². The first-order chi connectivity index (χ1) is 14.6. The Balaban J connectivity index is 2.45. The molecule has 2 rings (SSSR count). The minimum Gasteiger partial charge on any atom is -0.357 e. The predicted molar refractivity (Wildman–Crippen MR) is 124 cm³/mol. The Morgan fingerprint density at radius 1 is 1.10 bits per heavy atom. The molecule has 168 valence electrons. The van der Waals surface area contributed by atoms with Crippen LogP contribution in [0.15, 0.2) is 48.5 Å². The highest BCUT2D eigenvalue weighted by molar-refractivity contribution is 7.92. The Hall–Kier alpha value is -2.29. The highest BCUT2D eigenvalue weighted by atomic mass is 35.5. The van der Waals surface area contributed by atoms with Crippen molar-refractivity contribution in [2.75, 3.05) is 24.2 Å². The average molecular weight is 486 g/mol. The molecule has 0 aromatic heterocycles. The van der Waals surface area contributed by atoms with Gasteiger partial charge in [0.15, 0.2) is 0 Å². The summed E-state index contributed by atoms with van der Waals surface area (Å²) in [5.74, 6) is -0.876. The number of nitrogens with one attached hydrogen (secondary N) is 1. The normalized spacial score (nSPS) is 12.2. The van der Waals surface area contributed by atoms with Crippen molar-refractivity contribution >= 4 is 50.7 Å². The van der Waals surface area contributed by atoms with E-state index in [1.54, 1.807) is 6.92 Å². The van der Waals surface area contributed by atoms with Crippen LogP contribution >= 0.6 is 23.2 Å². The van der Waals surface area contributed by atoms with Gasteiger partial charge in [0.05, 0.1) is 17.0 Å². The second-order valence-corrected chi connectivity index (χ2v) is 9.66. The summed E-state index contributed by atoms with van der Waals surface area (Å²) in [6.45, 7) is 1.40. The highest BCUT2D eigenvalue weighted by Gasteiger charge is 2.31. The van der Waals surface area contributed by atoms with E-state index in [-0.39, 0.29) is 28.2 Å². The van der Waals surface area contributed by atoms with E-state index in [2.05, 4.69) is 5.32 Å². The number of amides is 2. The van der Waals surface area contributed by atoms with Crippen molar-refractivity contribution in [2.24, 2.45) is 0 Å². The van der Waals surface area contributed by atoms with Crippen LogP contribution < -0.4 is 9.62 Å². The Bertz CT molecular complexity index is 1030. The summed E-state index contributed by atoms with van der Waals surface area (Å²) < 4.78 is 25.9. The monoisotopic (exact) mass is 485 g/mol. The van der Waals surface area contributed by atoms with E-state index in [1.807, 2.05) is 30.3 Å². The molecular weight excluding hydrogens is 461 g/mol. The van der Waals surface area contributed by atoms with Crippen LogP contribution in [-0.4, -0.2) is 51.0 Å². The number of carbonyl (C=O) groups excluding carboxylic acids is 2. The van der Waals surface area contributed by atoms with E-state index < -0.39 is 28.5 Å². The molecule has 31 heavy (non-hydrogen) atoms. The molecule has 1 N–H and O–H groups in total. The van der Waals surface area contributed by atoms with Crippen molar-refractivity contribution in [1.82, 2.24) is 10.2 Å². The molecule has 2 aromatic carbocycles. The van der Waals surface area contributed by atoms with Crippen molar-refractivity contribution in [1.29, 1.82) is 0 Å². The fourth-order valence-electron chi connectivity index (χ4n) is 3.14. The minimum absolute atomic E-state index is 0.0951. The zero-order chi connectivity index (χ0) is 23.2. The molecule has 0 saturated carbocycles. The van der Waals surface area contributed by atoms with Crippen molar-refractivity contribution in [3.8, 4) is 0 Å². The molecule has 2 amide bonds. The van der Waals surface area contributed by atoms with Gasteiger partial charge in [0.2, 0.25) is 21.8 Å². The summed E-state index contributed by atoms with van der Waals surface area (Å²) in [6, 6.07) is 12.8. The van der Waals surface area contributed by atoms with Gasteiger partial charge in [0.25, 0.3) is 0 Å². The van der Waals surface area contributed by atoms with Crippen LogP contribution in [0.5, 0.6) is 0 Å². The summed E-state index contributed by atoms with van der Waals surface area (Å²) in [4.78, 5) is 27.2. The van der Waals surface area contributed by atoms with Gasteiger partial charge in [-0.3, -0.25) is 13.9 Å². The van der Waals surface area contributed by atoms with E-state index in [1.165, 1.54) is 30.1 Å². The SMILES string of the molecule is CCC(C(=O)NC)N(Cc1ccccc1)C(=O)CN(c1cc(Cl)ccc1Cl)S(C)(=O)=O. The van der Waals surface area contributed by atoms with Crippen molar-refractivity contribution in [2.45, 2.75) is 25.9 Å². The lowest BCUT2D eigenvalue weighted by Gasteiger charge is -2.32. The highest BCUT2D eigenvalue weighted by Crippen LogP contribution is 2.31. The first-order valence-corrected chi connectivity index (χ1v) is 12.2. The van der Waals surface area contributed by atoms with Gasteiger partial charge < -0.3 is 10.2 Å². The third-order valence-electron chi connectivity index (χ3n) is 4.68. The van der Waals surface area contributed by atoms with Gasteiger partial charge in [0, 0.05) is 18.6 Å². The lowest BCUT2D eigenvalue weighted by molar-refractivity contribution is -0.140. The number of nitrogens with zero attached hydrogens (tertiary/aromatic N) is 2. The third kappa shape index (κ3) is 6.59. The van der Waals surface area contributed by atoms with Crippen LogP contribution in [0.2, 0.25) is 10.0 Å². The molecule has 0 heterocycles. The van der Waals surface area contributed by atoms with E-state index in [9.17, 15) is 18.0 Å². The summed E-state index contributed by atoms with van der Waals surface area (Å²) >= 11 is 12.2. The predicted octanol–water partition coefficient (Wildman–Crippen LogP) is 3.31. The number of rotatable bonds is 9. The number of benzene rings is 2. The largest absolute Gasteiger partial charge is 0.357 e. The summed E-state index contributed by atoms with van der Waals surface area (Å²) in [6.07, 6.45) is 1.34. The van der Waals surface area contributed by atoms with Gasteiger partial charge in [0.1, 0.15) is 12.6 Å². The molecule has 1 atom stereocenters. The zero-order valence-electron chi connectivity index (χ0n) is 17.5. The van der Waals surface area contributed by atoms with Gasteiger partial charge in [-0.15, -0.1) is 0 Å². The fraction of sp³-hybridized carbons (Fsp3) is 0.333. The maximum Gasteiger partial charge on any atom is 0.244 e. The molecule has 10 heteroatoms. The van der Waals surface area contributed by atoms with E-state index >= 15 is 0 Å². The molecule has 0 aliphatic heterocycles. The van der Waals surface area contributed by atoms with Crippen LogP contribution in [0.3, 0.4) is 0 Å². The smallest absolute Gasteiger partial charge is 0.244 e. The van der Waals surface area contributed by atoms with Crippen molar-refractivity contribution < 1.29 is 18.0 Å². The van der Waals surface area contributed by atoms with E-state index in [4.69, 9.17) is 23.2 Å². The fourth-order valence-corrected chi connectivity index (χ4v) is 4.43.